The first-order valence-corrected chi connectivity index (χ1v) is 13.7. The highest BCUT2D eigenvalue weighted by atomic mass is 35.5. The maximum Gasteiger partial charge on any atom is 0.269 e. The van der Waals surface area contributed by atoms with E-state index in [9.17, 15) is 12.8 Å². The zero-order valence-corrected chi connectivity index (χ0v) is 22.0. The van der Waals surface area contributed by atoms with Crippen molar-refractivity contribution in [3.8, 4) is 11.5 Å². The Morgan fingerprint density at radius 1 is 1.08 bits per heavy atom. The molecule has 188 valence electrons. The number of hydrogen-bond acceptors (Lipinski definition) is 8. The summed E-state index contributed by atoms with van der Waals surface area (Å²) in [6.07, 6.45) is 0. The van der Waals surface area contributed by atoms with Crippen molar-refractivity contribution in [2.24, 2.45) is 0 Å². The quantitative estimate of drug-likeness (QED) is 0.243. The number of rotatable bonds is 9. The predicted molar refractivity (Wildman–Crippen MR) is 135 cm³/mol. The van der Waals surface area contributed by atoms with E-state index in [1.54, 1.807) is 24.3 Å². The van der Waals surface area contributed by atoms with Gasteiger partial charge in [0.25, 0.3) is 10.0 Å². The SMILES string of the molecule is COc1ccc(CN(c2nncs2)S(=O)(=O)c2cc(Cl)c(Sc3cccc(F)c3)cc2F)c(OC)c1. The molecule has 7 nitrogen and oxygen atoms in total. The second-order valence-electron chi connectivity index (χ2n) is 7.18. The van der Waals surface area contributed by atoms with Gasteiger partial charge in [0.05, 0.1) is 25.8 Å². The minimum absolute atomic E-state index is 0.0107. The molecule has 0 spiro atoms. The number of halogens is 3. The third kappa shape index (κ3) is 5.56. The van der Waals surface area contributed by atoms with Crippen molar-refractivity contribution in [2.75, 3.05) is 18.5 Å². The molecular weight excluding hydrogens is 552 g/mol. The molecule has 0 atom stereocenters. The molecule has 0 fully saturated rings. The molecule has 0 aliphatic heterocycles. The second kappa shape index (κ2) is 11.0. The molecule has 13 heteroatoms. The maximum absolute atomic E-state index is 15.3. The maximum atomic E-state index is 15.3. The highest BCUT2D eigenvalue weighted by Gasteiger charge is 2.32. The van der Waals surface area contributed by atoms with Gasteiger partial charge in [-0.1, -0.05) is 40.8 Å². The van der Waals surface area contributed by atoms with Crippen LogP contribution in [0.5, 0.6) is 11.5 Å². The Kier molecular flexibility index (Phi) is 7.98. The highest BCUT2D eigenvalue weighted by Crippen LogP contribution is 2.38. The lowest BCUT2D eigenvalue weighted by molar-refractivity contribution is 0.391. The van der Waals surface area contributed by atoms with Crippen LogP contribution in [0.25, 0.3) is 0 Å². The van der Waals surface area contributed by atoms with Crippen LogP contribution >= 0.6 is 34.7 Å². The number of ether oxygens (including phenoxy) is 2. The van der Waals surface area contributed by atoms with E-state index in [1.807, 2.05) is 0 Å². The van der Waals surface area contributed by atoms with Crippen LogP contribution in [0.15, 0.2) is 74.8 Å². The predicted octanol–water partition coefficient (Wildman–Crippen LogP) is 6.03. The van der Waals surface area contributed by atoms with Crippen molar-refractivity contribution in [3.63, 3.8) is 0 Å². The third-order valence-corrected chi connectivity index (χ3v) is 9.00. The van der Waals surface area contributed by atoms with Crippen LogP contribution in [0.4, 0.5) is 13.9 Å². The first kappa shape index (κ1) is 26.1. The van der Waals surface area contributed by atoms with Crippen molar-refractivity contribution in [1.29, 1.82) is 0 Å². The van der Waals surface area contributed by atoms with Crippen molar-refractivity contribution in [3.05, 3.63) is 82.3 Å². The van der Waals surface area contributed by atoms with Crippen LogP contribution in [0.1, 0.15) is 5.56 Å². The van der Waals surface area contributed by atoms with Gasteiger partial charge in [-0.3, -0.25) is 0 Å². The van der Waals surface area contributed by atoms with Crippen molar-refractivity contribution < 1.29 is 26.7 Å². The van der Waals surface area contributed by atoms with Gasteiger partial charge in [0.2, 0.25) is 5.13 Å². The van der Waals surface area contributed by atoms with E-state index >= 15 is 4.39 Å². The molecule has 0 amide bonds. The Labute approximate surface area is 219 Å². The molecule has 1 heterocycles. The molecule has 0 saturated heterocycles. The van der Waals surface area contributed by atoms with E-state index in [2.05, 4.69) is 10.2 Å². The summed E-state index contributed by atoms with van der Waals surface area (Å²) in [5, 5.41) is 7.63. The Balaban J connectivity index is 1.73. The first-order chi connectivity index (χ1) is 17.2. The molecule has 3 aromatic carbocycles. The minimum Gasteiger partial charge on any atom is -0.497 e. The van der Waals surface area contributed by atoms with Gasteiger partial charge in [-0.05, 0) is 42.5 Å². The van der Waals surface area contributed by atoms with Gasteiger partial charge < -0.3 is 9.47 Å². The molecule has 0 bridgehead atoms. The summed E-state index contributed by atoms with van der Waals surface area (Å²) in [5.41, 5.74) is 1.85. The number of hydrogen-bond donors (Lipinski definition) is 0. The zero-order valence-electron chi connectivity index (χ0n) is 18.8. The van der Waals surface area contributed by atoms with Crippen LogP contribution in [0.2, 0.25) is 5.02 Å². The summed E-state index contributed by atoms with van der Waals surface area (Å²) in [7, 11) is -1.55. The fourth-order valence-electron chi connectivity index (χ4n) is 3.23. The molecule has 4 aromatic rings. The molecule has 0 saturated carbocycles. The van der Waals surface area contributed by atoms with Gasteiger partial charge in [0.1, 0.15) is 33.5 Å². The lowest BCUT2D eigenvalue weighted by atomic mass is 10.2. The molecule has 36 heavy (non-hydrogen) atoms. The Hall–Kier alpha value is -2.93. The van der Waals surface area contributed by atoms with E-state index < -0.39 is 26.6 Å². The number of methoxy groups -OCH3 is 2. The Morgan fingerprint density at radius 3 is 2.56 bits per heavy atom. The van der Waals surface area contributed by atoms with Crippen molar-refractivity contribution in [2.45, 2.75) is 21.2 Å². The summed E-state index contributed by atoms with van der Waals surface area (Å²) >= 11 is 8.33. The van der Waals surface area contributed by atoms with Crippen molar-refractivity contribution >= 4 is 49.9 Å². The molecule has 0 aliphatic carbocycles. The highest BCUT2D eigenvalue weighted by molar-refractivity contribution is 7.99. The first-order valence-electron chi connectivity index (χ1n) is 10.1. The average molecular weight is 570 g/mol. The summed E-state index contributed by atoms with van der Waals surface area (Å²) in [5.74, 6) is -0.587. The fraction of sp³-hybridized carbons (Fsp3) is 0.130. The molecule has 1 aromatic heterocycles. The zero-order chi connectivity index (χ0) is 25.9. The Morgan fingerprint density at radius 2 is 1.89 bits per heavy atom. The number of aromatic nitrogens is 2. The van der Waals surface area contributed by atoms with Gasteiger partial charge in [0.15, 0.2) is 0 Å². The van der Waals surface area contributed by atoms with Crippen LogP contribution in [-0.4, -0.2) is 32.8 Å². The lowest BCUT2D eigenvalue weighted by Crippen LogP contribution is -2.31. The molecular formula is C23H18ClF2N3O4S3. The average Bonchev–Trinajstić information content (AvgIpc) is 3.38. The van der Waals surface area contributed by atoms with Gasteiger partial charge in [-0.15, -0.1) is 10.2 Å². The van der Waals surface area contributed by atoms with Crippen LogP contribution < -0.4 is 13.8 Å². The van der Waals surface area contributed by atoms with Gasteiger partial charge in [-0.25, -0.2) is 21.5 Å². The van der Waals surface area contributed by atoms with E-state index in [4.69, 9.17) is 21.1 Å². The normalized spacial score (nSPS) is 11.4. The molecule has 0 unspecified atom stereocenters. The molecule has 0 N–H and O–H groups in total. The Bertz CT molecular complexity index is 1490. The van der Waals surface area contributed by atoms with Gasteiger partial charge in [0, 0.05) is 21.4 Å². The third-order valence-electron chi connectivity index (χ3n) is 4.95. The van der Waals surface area contributed by atoms with Crippen LogP contribution in [-0.2, 0) is 16.6 Å². The largest absolute Gasteiger partial charge is 0.497 e. The minimum atomic E-state index is -4.49. The number of sulfonamides is 1. The van der Waals surface area contributed by atoms with Crippen molar-refractivity contribution in [1.82, 2.24) is 10.2 Å². The standard InChI is InChI=1S/C23H18ClF2N3O4S3/c1-32-16-7-6-14(20(9-16)33-2)12-29(23-28-27-13-34-23)36(30,31)22-10-18(24)21(11-19(22)26)35-17-5-3-4-15(25)8-17/h3-11,13H,12H2,1-2H3. The summed E-state index contributed by atoms with van der Waals surface area (Å²) in [4.78, 5) is 0.0748. The lowest BCUT2D eigenvalue weighted by Gasteiger charge is -2.23. The number of nitrogens with zero attached hydrogens (tertiary/aromatic N) is 3. The van der Waals surface area contributed by atoms with Crippen LogP contribution in [0.3, 0.4) is 0 Å². The smallest absolute Gasteiger partial charge is 0.269 e. The van der Waals surface area contributed by atoms with Gasteiger partial charge in [-0.2, -0.15) is 0 Å². The summed E-state index contributed by atoms with van der Waals surface area (Å²) in [6.45, 7) is -0.221. The van der Waals surface area contributed by atoms with E-state index in [0.717, 1.165) is 39.5 Å². The molecule has 4 rings (SSSR count). The number of anilines is 1. The molecule has 0 radical (unpaired) electrons. The van der Waals surface area contributed by atoms with E-state index in [0.29, 0.717) is 22.0 Å². The topological polar surface area (TPSA) is 81.6 Å². The summed E-state index contributed by atoms with van der Waals surface area (Å²) in [6, 6.07) is 12.6. The monoisotopic (exact) mass is 569 g/mol. The number of benzene rings is 3. The second-order valence-corrected chi connectivity index (χ2v) is 11.3. The molecule has 0 aliphatic rings. The van der Waals surface area contributed by atoms with E-state index in [1.165, 1.54) is 37.9 Å². The fourth-order valence-corrected chi connectivity index (χ4v) is 6.72. The van der Waals surface area contributed by atoms with Gasteiger partial charge >= 0.3 is 0 Å². The van der Waals surface area contributed by atoms with Crippen LogP contribution in [0, 0.1) is 11.6 Å². The summed E-state index contributed by atoms with van der Waals surface area (Å²) < 4.78 is 67.7. The van der Waals surface area contributed by atoms with E-state index in [-0.39, 0.29) is 21.6 Å².